The average molecular weight is 517 g/mol. The SMILES string of the molecule is COc1ccc(-c2ccc(N3CCN(S(=O)(=O)c4ccc(-c5ccccc5)cc4)CC3)nn2)cc1OC. The maximum atomic E-state index is 13.2. The zero-order valence-electron chi connectivity index (χ0n) is 20.7. The Morgan fingerprint density at radius 3 is 1.95 bits per heavy atom. The van der Waals surface area contributed by atoms with Crippen LogP contribution in [0, 0.1) is 0 Å². The number of sulfonamides is 1. The van der Waals surface area contributed by atoms with Crippen molar-refractivity contribution < 1.29 is 17.9 Å². The second-order valence-corrected chi connectivity index (χ2v) is 10.6. The molecule has 3 aromatic carbocycles. The van der Waals surface area contributed by atoms with Gasteiger partial charge in [0.05, 0.1) is 24.8 Å². The first-order valence-electron chi connectivity index (χ1n) is 12.0. The summed E-state index contributed by atoms with van der Waals surface area (Å²) in [6, 6.07) is 26.4. The Morgan fingerprint density at radius 1 is 0.676 bits per heavy atom. The fraction of sp³-hybridized carbons (Fsp3) is 0.214. The van der Waals surface area contributed by atoms with Crippen molar-refractivity contribution in [1.82, 2.24) is 14.5 Å². The lowest BCUT2D eigenvalue weighted by atomic mass is 10.1. The highest BCUT2D eigenvalue weighted by Crippen LogP contribution is 2.32. The summed E-state index contributed by atoms with van der Waals surface area (Å²) in [4.78, 5) is 2.36. The molecule has 4 aromatic rings. The number of rotatable bonds is 7. The molecule has 0 unspecified atom stereocenters. The smallest absolute Gasteiger partial charge is 0.243 e. The zero-order chi connectivity index (χ0) is 25.8. The van der Waals surface area contributed by atoms with E-state index >= 15 is 0 Å². The van der Waals surface area contributed by atoms with E-state index in [1.165, 1.54) is 4.31 Å². The Kier molecular flexibility index (Phi) is 7.07. The molecular weight excluding hydrogens is 488 g/mol. The van der Waals surface area contributed by atoms with Gasteiger partial charge >= 0.3 is 0 Å². The molecule has 1 aromatic heterocycles. The quantitative estimate of drug-likeness (QED) is 0.361. The molecular formula is C28H28N4O4S. The topological polar surface area (TPSA) is 84.9 Å². The van der Waals surface area contributed by atoms with Gasteiger partial charge in [0, 0.05) is 31.7 Å². The van der Waals surface area contributed by atoms with Gasteiger partial charge in [-0.25, -0.2) is 8.42 Å². The van der Waals surface area contributed by atoms with Gasteiger partial charge in [0.1, 0.15) is 0 Å². The molecule has 0 bridgehead atoms. The summed E-state index contributed by atoms with van der Waals surface area (Å²) in [5, 5.41) is 8.78. The second kappa shape index (κ2) is 10.6. The van der Waals surface area contributed by atoms with E-state index in [9.17, 15) is 8.42 Å². The van der Waals surface area contributed by atoms with Crippen molar-refractivity contribution in [1.29, 1.82) is 0 Å². The van der Waals surface area contributed by atoms with Crippen LogP contribution in [-0.2, 0) is 10.0 Å². The van der Waals surface area contributed by atoms with Crippen LogP contribution in [0.2, 0.25) is 0 Å². The summed E-state index contributed by atoms with van der Waals surface area (Å²) in [7, 11) is -0.384. The van der Waals surface area contributed by atoms with Gasteiger partial charge in [-0.05, 0) is 53.6 Å². The maximum absolute atomic E-state index is 13.2. The standard InChI is InChI=1S/C28H28N4O4S/c1-35-26-14-10-23(20-27(26)36-2)25-13-15-28(30-29-25)31-16-18-32(19-17-31)37(33,34)24-11-8-22(9-12-24)21-6-4-3-5-7-21/h3-15,20H,16-19H2,1-2H3. The molecule has 0 amide bonds. The Morgan fingerprint density at radius 2 is 1.32 bits per heavy atom. The van der Waals surface area contributed by atoms with Crippen LogP contribution in [0.15, 0.2) is 89.8 Å². The molecule has 0 N–H and O–H groups in total. The monoisotopic (exact) mass is 516 g/mol. The Bertz CT molecular complexity index is 1450. The molecule has 1 aliphatic rings. The van der Waals surface area contributed by atoms with E-state index in [1.807, 2.05) is 72.8 Å². The van der Waals surface area contributed by atoms with Crippen LogP contribution in [0.5, 0.6) is 11.5 Å². The van der Waals surface area contributed by atoms with Crippen LogP contribution < -0.4 is 14.4 Å². The van der Waals surface area contributed by atoms with Gasteiger partial charge < -0.3 is 14.4 Å². The number of nitrogens with zero attached hydrogens (tertiary/aromatic N) is 4. The number of piperazine rings is 1. The largest absolute Gasteiger partial charge is 0.493 e. The van der Waals surface area contributed by atoms with Crippen molar-refractivity contribution >= 4 is 15.8 Å². The number of anilines is 1. The summed E-state index contributed by atoms with van der Waals surface area (Å²) in [6.45, 7) is 1.82. The van der Waals surface area contributed by atoms with Crippen LogP contribution in [0.3, 0.4) is 0 Å². The molecule has 1 fully saturated rings. The minimum atomic E-state index is -3.57. The van der Waals surface area contributed by atoms with Crippen molar-refractivity contribution in [3.05, 3.63) is 84.9 Å². The fourth-order valence-corrected chi connectivity index (χ4v) is 5.82. The van der Waals surface area contributed by atoms with Crippen molar-refractivity contribution in [2.75, 3.05) is 45.3 Å². The predicted octanol–water partition coefficient (Wildman–Crippen LogP) is 4.34. The van der Waals surface area contributed by atoms with E-state index in [4.69, 9.17) is 9.47 Å². The lowest BCUT2D eigenvalue weighted by molar-refractivity contribution is 0.355. The number of hydrogen-bond donors (Lipinski definition) is 0. The van der Waals surface area contributed by atoms with E-state index in [2.05, 4.69) is 15.1 Å². The van der Waals surface area contributed by atoms with Crippen LogP contribution in [0.4, 0.5) is 5.82 Å². The molecule has 37 heavy (non-hydrogen) atoms. The molecule has 0 aliphatic carbocycles. The van der Waals surface area contributed by atoms with E-state index in [0.717, 1.165) is 16.7 Å². The lowest BCUT2D eigenvalue weighted by Gasteiger charge is -2.34. The van der Waals surface area contributed by atoms with Crippen LogP contribution in [0.1, 0.15) is 0 Å². The lowest BCUT2D eigenvalue weighted by Crippen LogP contribution is -2.48. The summed E-state index contributed by atoms with van der Waals surface area (Å²) < 4.78 is 38.7. The van der Waals surface area contributed by atoms with Gasteiger partial charge in [0.15, 0.2) is 17.3 Å². The predicted molar refractivity (Wildman–Crippen MR) is 143 cm³/mol. The molecule has 0 radical (unpaired) electrons. The number of ether oxygens (including phenoxy) is 2. The van der Waals surface area contributed by atoms with Crippen molar-refractivity contribution in [2.45, 2.75) is 4.90 Å². The van der Waals surface area contributed by atoms with Crippen molar-refractivity contribution in [3.63, 3.8) is 0 Å². The highest BCUT2D eigenvalue weighted by atomic mass is 32.2. The molecule has 0 atom stereocenters. The van der Waals surface area contributed by atoms with Gasteiger partial charge in [-0.15, -0.1) is 10.2 Å². The molecule has 5 rings (SSSR count). The number of hydrogen-bond acceptors (Lipinski definition) is 7. The Hall–Kier alpha value is -3.95. The van der Waals surface area contributed by atoms with E-state index in [0.29, 0.717) is 54.1 Å². The molecule has 1 saturated heterocycles. The molecule has 2 heterocycles. The highest BCUT2D eigenvalue weighted by Gasteiger charge is 2.29. The fourth-order valence-electron chi connectivity index (χ4n) is 4.40. The van der Waals surface area contributed by atoms with Crippen LogP contribution in [0.25, 0.3) is 22.4 Å². The summed E-state index contributed by atoms with van der Waals surface area (Å²) in [5.41, 5.74) is 3.62. The Labute approximate surface area is 217 Å². The minimum Gasteiger partial charge on any atom is -0.493 e. The first kappa shape index (κ1) is 24.7. The third-order valence-electron chi connectivity index (χ3n) is 6.49. The van der Waals surface area contributed by atoms with Crippen LogP contribution in [-0.4, -0.2) is 63.3 Å². The van der Waals surface area contributed by atoms with E-state index in [-0.39, 0.29) is 0 Å². The normalized spacial score (nSPS) is 14.4. The summed E-state index contributed by atoms with van der Waals surface area (Å²) >= 11 is 0. The molecule has 190 valence electrons. The second-order valence-electron chi connectivity index (χ2n) is 8.63. The van der Waals surface area contributed by atoms with E-state index in [1.54, 1.807) is 26.4 Å². The molecule has 1 aliphatic heterocycles. The average Bonchev–Trinajstić information content (AvgIpc) is 2.97. The van der Waals surface area contributed by atoms with E-state index < -0.39 is 10.0 Å². The molecule has 0 spiro atoms. The third-order valence-corrected chi connectivity index (χ3v) is 8.40. The van der Waals surface area contributed by atoms with Gasteiger partial charge in [-0.1, -0.05) is 42.5 Å². The number of methoxy groups -OCH3 is 2. The maximum Gasteiger partial charge on any atom is 0.243 e. The van der Waals surface area contributed by atoms with Crippen molar-refractivity contribution in [3.8, 4) is 33.9 Å². The molecule has 8 nitrogen and oxygen atoms in total. The third kappa shape index (κ3) is 5.14. The van der Waals surface area contributed by atoms with Gasteiger partial charge in [0.2, 0.25) is 10.0 Å². The Balaban J connectivity index is 1.24. The first-order valence-corrected chi connectivity index (χ1v) is 13.4. The molecule has 0 saturated carbocycles. The number of benzene rings is 3. The van der Waals surface area contributed by atoms with Gasteiger partial charge in [0.25, 0.3) is 0 Å². The first-order chi connectivity index (χ1) is 18.0. The van der Waals surface area contributed by atoms with Gasteiger partial charge in [-0.2, -0.15) is 4.31 Å². The van der Waals surface area contributed by atoms with Gasteiger partial charge in [-0.3, -0.25) is 0 Å². The summed E-state index contributed by atoms with van der Waals surface area (Å²) in [5.74, 6) is 1.99. The number of aromatic nitrogens is 2. The highest BCUT2D eigenvalue weighted by molar-refractivity contribution is 7.89. The molecule has 9 heteroatoms. The van der Waals surface area contributed by atoms with Crippen LogP contribution >= 0.6 is 0 Å². The summed E-state index contributed by atoms with van der Waals surface area (Å²) in [6.07, 6.45) is 0. The zero-order valence-corrected chi connectivity index (χ0v) is 21.6. The minimum absolute atomic E-state index is 0.305. The van der Waals surface area contributed by atoms with Crippen molar-refractivity contribution in [2.24, 2.45) is 0 Å².